The molecule has 1 aromatic heterocycles. The maximum atomic E-state index is 13.2. The van der Waals surface area contributed by atoms with E-state index in [1.165, 1.54) is 0 Å². The number of piperazine rings is 1. The van der Waals surface area contributed by atoms with E-state index in [4.69, 9.17) is 0 Å². The highest BCUT2D eigenvalue weighted by molar-refractivity contribution is 6.05. The summed E-state index contributed by atoms with van der Waals surface area (Å²) in [5.74, 6) is 1.25. The molecule has 28 heavy (non-hydrogen) atoms. The van der Waals surface area contributed by atoms with E-state index >= 15 is 0 Å². The van der Waals surface area contributed by atoms with Gasteiger partial charge in [0.1, 0.15) is 17.3 Å². The molecule has 0 spiro atoms. The Labute approximate surface area is 166 Å². The molecule has 7 heteroatoms. The van der Waals surface area contributed by atoms with Crippen molar-refractivity contribution in [2.45, 2.75) is 27.7 Å². The molecule has 0 radical (unpaired) electrons. The molecule has 2 heterocycles. The van der Waals surface area contributed by atoms with Crippen molar-refractivity contribution in [3.8, 4) is 0 Å². The van der Waals surface area contributed by atoms with Crippen LogP contribution in [0.5, 0.6) is 0 Å². The number of benzene rings is 1. The minimum atomic E-state index is -0.137. The number of hydrogen-bond donors (Lipinski definition) is 0. The number of rotatable bonds is 4. The lowest BCUT2D eigenvalue weighted by Crippen LogP contribution is -2.48. The summed E-state index contributed by atoms with van der Waals surface area (Å²) in [5.41, 5.74) is 2.35. The van der Waals surface area contributed by atoms with Gasteiger partial charge in [0.15, 0.2) is 0 Å². The van der Waals surface area contributed by atoms with Crippen molar-refractivity contribution in [2.24, 2.45) is 0 Å². The Hall–Kier alpha value is -2.96. The number of anilines is 2. The molecule has 2 aromatic rings. The summed E-state index contributed by atoms with van der Waals surface area (Å²) in [7, 11) is 0. The third kappa shape index (κ3) is 4.30. The van der Waals surface area contributed by atoms with Crippen LogP contribution in [-0.2, 0) is 4.79 Å². The first-order valence-corrected chi connectivity index (χ1v) is 9.63. The Bertz CT molecular complexity index is 875. The number of carbonyl (C=O) groups excluding carboxylic acids is 2. The maximum Gasteiger partial charge on any atom is 0.277 e. The lowest BCUT2D eigenvalue weighted by atomic mass is 10.2. The molecule has 0 aliphatic carbocycles. The zero-order chi connectivity index (χ0) is 20.3. The number of hydrogen-bond acceptors (Lipinski definition) is 5. The van der Waals surface area contributed by atoms with Crippen molar-refractivity contribution in [1.29, 1.82) is 0 Å². The van der Waals surface area contributed by atoms with Gasteiger partial charge in [0, 0.05) is 51.4 Å². The number of nitrogens with zero attached hydrogens (tertiary/aromatic N) is 5. The van der Waals surface area contributed by atoms with E-state index in [1.807, 2.05) is 43.0 Å². The third-order valence-corrected chi connectivity index (χ3v) is 4.97. The highest BCUT2D eigenvalue weighted by Gasteiger charge is 2.23. The molecule has 0 bridgehead atoms. The minimum Gasteiger partial charge on any atom is -0.353 e. The largest absolute Gasteiger partial charge is 0.353 e. The van der Waals surface area contributed by atoms with Crippen molar-refractivity contribution in [1.82, 2.24) is 14.9 Å². The number of aromatic nitrogens is 2. The Morgan fingerprint density at radius 3 is 2.39 bits per heavy atom. The normalized spacial score (nSPS) is 14.1. The van der Waals surface area contributed by atoms with Gasteiger partial charge in [-0.1, -0.05) is 12.1 Å². The van der Waals surface area contributed by atoms with Crippen LogP contribution in [0.3, 0.4) is 0 Å². The fourth-order valence-corrected chi connectivity index (χ4v) is 3.45. The van der Waals surface area contributed by atoms with Crippen LogP contribution in [0.2, 0.25) is 0 Å². The predicted octanol–water partition coefficient (Wildman–Crippen LogP) is 2.43. The molecule has 148 valence electrons. The maximum absolute atomic E-state index is 13.2. The van der Waals surface area contributed by atoms with E-state index in [1.54, 1.807) is 24.8 Å². The quantitative estimate of drug-likeness (QED) is 0.814. The van der Waals surface area contributed by atoms with Gasteiger partial charge in [-0.25, -0.2) is 9.97 Å². The topological polar surface area (TPSA) is 69.6 Å². The van der Waals surface area contributed by atoms with Crippen LogP contribution >= 0.6 is 0 Å². The standard InChI is InChI=1S/C21H27N5O2/c1-5-26(18-8-6-7-15(2)13-18)21(28)19-14-20(23-16(3)22-19)25-11-9-24(10-12-25)17(4)27/h6-8,13-14H,5,9-12H2,1-4H3. The number of amides is 2. The first-order valence-electron chi connectivity index (χ1n) is 9.63. The Morgan fingerprint density at radius 2 is 1.79 bits per heavy atom. The summed E-state index contributed by atoms with van der Waals surface area (Å²) in [5, 5.41) is 0. The molecular formula is C21H27N5O2. The average molecular weight is 381 g/mol. The SMILES string of the molecule is CCN(C(=O)c1cc(N2CCN(C(C)=O)CC2)nc(C)n1)c1cccc(C)c1. The lowest BCUT2D eigenvalue weighted by Gasteiger charge is -2.35. The van der Waals surface area contributed by atoms with Crippen molar-refractivity contribution >= 4 is 23.3 Å². The Kier molecular flexibility index (Phi) is 5.92. The molecule has 0 N–H and O–H groups in total. The molecule has 1 fully saturated rings. The van der Waals surface area contributed by atoms with Crippen LogP contribution in [0.1, 0.15) is 35.7 Å². The van der Waals surface area contributed by atoms with Gasteiger partial charge in [-0.3, -0.25) is 9.59 Å². The monoisotopic (exact) mass is 381 g/mol. The van der Waals surface area contributed by atoms with Crippen LogP contribution in [0.15, 0.2) is 30.3 Å². The van der Waals surface area contributed by atoms with Gasteiger partial charge in [0.25, 0.3) is 5.91 Å². The van der Waals surface area contributed by atoms with Crippen molar-refractivity contribution in [2.75, 3.05) is 42.5 Å². The molecule has 1 saturated heterocycles. The third-order valence-electron chi connectivity index (χ3n) is 4.97. The fourth-order valence-electron chi connectivity index (χ4n) is 3.45. The second-order valence-electron chi connectivity index (χ2n) is 7.04. The first kappa shape index (κ1) is 19.8. The Balaban J connectivity index is 1.84. The zero-order valence-electron chi connectivity index (χ0n) is 17.0. The Morgan fingerprint density at radius 1 is 1.07 bits per heavy atom. The molecule has 1 aliphatic heterocycles. The van der Waals surface area contributed by atoms with E-state index < -0.39 is 0 Å². The summed E-state index contributed by atoms with van der Waals surface area (Å²) in [6.45, 7) is 10.6. The molecular weight excluding hydrogens is 354 g/mol. The summed E-state index contributed by atoms with van der Waals surface area (Å²) >= 11 is 0. The fraction of sp³-hybridized carbons (Fsp3) is 0.429. The van der Waals surface area contributed by atoms with Gasteiger partial charge >= 0.3 is 0 Å². The highest BCUT2D eigenvalue weighted by Crippen LogP contribution is 2.21. The van der Waals surface area contributed by atoms with E-state index in [9.17, 15) is 9.59 Å². The molecule has 1 aliphatic rings. The first-order chi connectivity index (χ1) is 13.4. The van der Waals surface area contributed by atoms with Gasteiger partial charge in [-0.2, -0.15) is 0 Å². The van der Waals surface area contributed by atoms with Crippen LogP contribution in [0, 0.1) is 13.8 Å². The second kappa shape index (κ2) is 8.37. The van der Waals surface area contributed by atoms with Crippen LogP contribution in [0.4, 0.5) is 11.5 Å². The van der Waals surface area contributed by atoms with Crippen molar-refractivity contribution in [3.63, 3.8) is 0 Å². The van der Waals surface area contributed by atoms with Crippen molar-refractivity contribution in [3.05, 3.63) is 47.4 Å². The smallest absolute Gasteiger partial charge is 0.277 e. The predicted molar refractivity (Wildman–Crippen MR) is 110 cm³/mol. The summed E-state index contributed by atoms with van der Waals surface area (Å²) in [4.78, 5) is 39.3. The molecule has 1 aromatic carbocycles. The second-order valence-corrected chi connectivity index (χ2v) is 7.04. The highest BCUT2D eigenvalue weighted by atomic mass is 16.2. The van der Waals surface area contributed by atoms with E-state index in [0.717, 1.165) is 17.1 Å². The summed E-state index contributed by atoms with van der Waals surface area (Å²) < 4.78 is 0. The molecule has 7 nitrogen and oxygen atoms in total. The van der Waals surface area contributed by atoms with Crippen LogP contribution < -0.4 is 9.80 Å². The van der Waals surface area contributed by atoms with Gasteiger partial charge in [-0.05, 0) is 38.5 Å². The molecule has 3 rings (SSSR count). The summed E-state index contributed by atoms with van der Waals surface area (Å²) in [6, 6.07) is 9.65. The average Bonchev–Trinajstić information content (AvgIpc) is 2.68. The number of carbonyl (C=O) groups is 2. The molecule has 0 atom stereocenters. The van der Waals surface area contributed by atoms with E-state index in [0.29, 0.717) is 44.2 Å². The van der Waals surface area contributed by atoms with E-state index in [-0.39, 0.29) is 11.8 Å². The molecule has 0 unspecified atom stereocenters. The van der Waals surface area contributed by atoms with Crippen LogP contribution in [0.25, 0.3) is 0 Å². The van der Waals surface area contributed by atoms with Gasteiger partial charge in [0.05, 0.1) is 0 Å². The molecule has 0 saturated carbocycles. The van der Waals surface area contributed by atoms with Crippen molar-refractivity contribution < 1.29 is 9.59 Å². The summed E-state index contributed by atoms with van der Waals surface area (Å²) in [6.07, 6.45) is 0. The minimum absolute atomic E-state index is 0.0890. The van der Waals surface area contributed by atoms with Gasteiger partial charge in [0.2, 0.25) is 5.91 Å². The lowest BCUT2D eigenvalue weighted by molar-refractivity contribution is -0.129. The zero-order valence-corrected chi connectivity index (χ0v) is 17.0. The number of aryl methyl sites for hydroxylation is 2. The van der Waals surface area contributed by atoms with Gasteiger partial charge < -0.3 is 14.7 Å². The van der Waals surface area contributed by atoms with Gasteiger partial charge in [-0.15, -0.1) is 0 Å². The van der Waals surface area contributed by atoms with Crippen LogP contribution in [-0.4, -0.2) is 59.4 Å². The molecule has 2 amide bonds. The van der Waals surface area contributed by atoms with E-state index in [2.05, 4.69) is 14.9 Å².